The van der Waals surface area contributed by atoms with Crippen LogP contribution in [0.2, 0.25) is 0 Å². The van der Waals surface area contributed by atoms with Crippen molar-refractivity contribution in [3.05, 3.63) is 0 Å². The Morgan fingerprint density at radius 3 is 2.42 bits per heavy atom. The molecule has 0 unspecified atom stereocenters. The summed E-state index contributed by atoms with van der Waals surface area (Å²) in [6, 6.07) is 0. The van der Waals surface area contributed by atoms with E-state index in [1.165, 1.54) is 0 Å². The van der Waals surface area contributed by atoms with Gasteiger partial charge in [-0.1, -0.05) is 0 Å². The summed E-state index contributed by atoms with van der Waals surface area (Å²) in [5.74, 6) is 0. The Balaban J connectivity index is 2.63. The first-order chi connectivity index (χ1) is 8.92. The molecule has 0 aromatic rings. The van der Waals surface area contributed by atoms with Crippen molar-refractivity contribution in [1.82, 2.24) is 0 Å². The molecule has 9 heteroatoms. The third-order valence-corrected chi connectivity index (χ3v) is 4.27. The molecular formula is C10H18O8S. The van der Waals surface area contributed by atoms with Gasteiger partial charge in [-0.15, -0.1) is 11.8 Å². The summed E-state index contributed by atoms with van der Waals surface area (Å²) < 4.78 is 5.08. The molecule has 0 saturated carbocycles. The van der Waals surface area contributed by atoms with Gasteiger partial charge in [-0.05, 0) is 0 Å². The topological polar surface area (TPSA) is 148 Å². The van der Waals surface area contributed by atoms with Gasteiger partial charge in [0, 0.05) is 0 Å². The van der Waals surface area contributed by atoms with Crippen molar-refractivity contribution in [2.75, 3.05) is 13.2 Å². The van der Waals surface area contributed by atoms with Crippen LogP contribution in [0.1, 0.15) is 0 Å². The van der Waals surface area contributed by atoms with Crippen LogP contribution in [0.3, 0.4) is 0 Å². The minimum atomic E-state index is -1.67. The average molecular weight is 298 g/mol. The zero-order chi connectivity index (χ0) is 14.6. The molecule has 19 heavy (non-hydrogen) atoms. The lowest BCUT2D eigenvalue weighted by Gasteiger charge is -2.37. The van der Waals surface area contributed by atoms with E-state index >= 15 is 0 Å². The van der Waals surface area contributed by atoms with Gasteiger partial charge in [-0.3, -0.25) is 0 Å². The van der Waals surface area contributed by atoms with Crippen LogP contribution < -0.4 is 0 Å². The van der Waals surface area contributed by atoms with Gasteiger partial charge in [-0.25, -0.2) is 0 Å². The maximum absolute atomic E-state index is 10.4. The Hall–Kier alpha value is -0.260. The fourth-order valence-corrected chi connectivity index (χ4v) is 2.83. The molecule has 112 valence electrons. The van der Waals surface area contributed by atoms with Crippen molar-refractivity contribution in [3.8, 4) is 0 Å². The van der Waals surface area contributed by atoms with Gasteiger partial charge in [0.1, 0.15) is 36.0 Å². The molecule has 1 fully saturated rings. The highest BCUT2D eigenvalue weighted by Crippen LogP contribution is 2.30. The van der Waals surface area contributed by atoms with Crippen LogP contribution in [0.4, 0.5) is 0 Å². The summed E-state index contributed by atoms with van der Waals surface area (Å²) in [5, 5.41) is 55.3. The van der Waals surface area contributed by atoms with Crippen molar-refractivity contribution < 1.29 is 40.2 Å². The number of hydrogen-bond acceptors (Lipinski definition) is 9. The largest absolute Gasteiger partial charge is 0.395 e. The van der Waals surface area contributed by atoms with E-state index in [4.69, 9.17) is 9.84 Å². The number of aliphatic hydroxyl groups excluding tert-OH is 6. The van der Waals surface area contributed by atoms with Crippen molar-refractivity contribution in [2.45, 2.75) is 41.2 Å². The van der Waals surface area contributed by atoms with E-state index in [0.29, 0.717) is 0 Å². The van der Waals surface area contributed by atoms with Gasteiger partial charge in [-0.2, -0.15) is 0 Å². The van der Waals surface area contributed by atoms with E-state index in [1.54, 1.807) is 0 Å². The van der Waals surface area contributed by atoms with Crippen LogP contribution >= 0.6 is 11.8 Å². The molecule has 1 rings (SSSR count). The zero-order valence-electron chi connectivity index (χ0n) is 9.94. The van der Waals surface area contributed by atoms with Crippen LogP contribution in [0.25, 0.3) is 0 Å². The quantitative estimate of drug-likeness (QED) is 0.274. The van der Waals surface area contributed by atoms with Crippen LogP contribution in [-0.4, -0.2) is 91.3 Å². The van der Waals surface area contributed by atoms with E-state index in [1.807, 2.05) is 0 Å². The molecule has 0 bridgehead atoms. The van der Waals surface area contributed by atoms with Crippen LogP contribution in [0.15, 0.2) is 0 Å². The van der Waals surface area contributed by atoms with E-state index < -0.39 is 47.8 Å². The monoisotopic (exact) mass is 298 g/mol. The number of ether oxygens (including phenoxy) is 1. The molecule has 0 amide bonds. The lowest BCUT2D eigenvalue weighted by molar-refractivity contribution is -0.161. The fourth-order valence-electron chi connectivity index (χ4n) is 1.60. The minimum absolute atomic E-state index is 0.130. The normalized spacial score (nSPS) is 36.5. The lowest BCUT2D eigenvalue weighted by Crippen LogP contribution is -2.53. The first-order valence-electron chi connectivity index (χ1n) is 5.66. The molecule has 8 nitrogen and oxygen atoms in total. The summed E-state index contributed by atoms with van der Waals surface area (Å²) in [6.07, 6.45) is -7.11. The number of hydrogen-bond donors (Lipinski definition) is 6. The van der Waals surface area contributed by atoms with Gasteiger partial charge >= 0.3 is 0 Å². The van der Waals surface area contributed by atoms with Crippen LogP contribution in [0.5, 0.6) is 0 Å². The number of aliphatic hydroxyl groups is 6. The van der Waals surface area contributed by atoms with Gasteiger partial charge in [0.15, 0.2) is 6.29 Å². The summed E-state index contributed by atoms with van der Waals surface area (Å²) >= 11 is 0.769. The molecule has 1 saturated heterocycles. The molecule has 1 aliphatic rings. The Bertz CT molecular complexity index is 291. The van der Waals surface area contributed by atoms with Crippen molar-refractivity contribution >= 4 is 18.0 Å². The highest BCUT2D eigenvalue weighted by molar-refractivity contribution is 8.00. The fraction of sp³-hybridized carbons (Fsp3) is 0.900. The zero-order valence-corrected chi connectivity index (χ0v) is 10.8. The molecule has 0 spiro atoms. The van der Waals surface area contributed by atoms with Crippen molar-refractivity contribution in [1.29, 1.82) is 0 Å². The number of thioether (sulfide) groups is 1. The highest BCUT2D eigenvalue weighted by atomic mass is 32.2. The predicted octanol–water partition coefficient (Wildman–Crippen LogP) is -3.56. The van der Waals surface area contributed by atoms with E-state index in [0.717, 1.165) is 11.8 Å². The first kappa shape index (κ1) is 16.8. The van der Waals surface area contributed by atoms with Gasteiger partial charge in [0.25, 0.3) is 0 Å². The Kier molecular flexibility index (Phi) is 6.63. The third kappa shape index (κ3) is 4.10. The number of aldehydes is 1. The van der Waals surface area contributed by atoms with Crippen LogP contribution in [0, 0.1) is 0 Å². The summed E-state index contributed by atoms with van der Waals surface area (Å²) in [4.78, 5) is 10.4. The van der Waals surface area contributed by atoms with Gasteiger partial charge in [0.05, 0.1) is 18.5 Å². The van der Waals surface area contributed by atoms with E-state index in [2.05, 4.69) is 0 Å². The highest BCUT2D eigenvalue weighted by Gasteiger charge is 2.40. The van der Waals surface area contributed by atoms with Crippen molar-refractivity contribution in [3.63, 3.8) is 0 Å². The Labute approximate surface area is 113 Å². The minimum Gasteiger partial charge on any atom is -0.395 e. The molecule has 7 atom stereocenters. The van der Waals surface area contributed by atoms with Gasteiger partial charge in [0.2, 0.25) is 0 Å². The molecule has 0 aliphatic carbocycles. The molecule has 1 heterocycles. The first-order valence-corrected chi connectivity index (χ1v) is 6.60. The molecule has 0 radical (unpaired) electrons. The van der Waals surface area contributed by atoms with Gasteiger partial charge < -0.3 is 40.2 Å². The summed E-state index contributed by atoms with van der Waals surface area (Å²) in [5.41, 5.74) is -0.996. The summed E-state index contributed by atoms with van der Waals surface area (Å²) in [6.45, 7) is -0.775. The Morgan fingerprint density at radius 2 is 1.89 bits per heavy atom. The number of carbonyl (C=O) groups is 1. The molecule has 6 N–H and O–H groups in total. The third-order valence-electron chi connectivity index (χ3n) is 2.81. The standard InChI is InChI=1S/C10H18O8S/c11-1-4(13)7(15)6(2-12)19-10-9(17)8(16)5(14)3-18-10/h1,4-10,12-17H,2-3H2/t4-,5+,6+,7+,8-,9+,10-/m0/s1. The summed E-state index contributed by atoms with van der Waals surface area (Å²) in [7, 11) is 0. The molecule has 0 aromatic carbocycles. The van der Waals surface area contributed by atoms with Crippen LogP contribution in [-0.2, 0) is 9.53 Å². The maximum Gasteiger partial charge on any atom is 0.151 e. The van der Waals surface area contributed by atoms with E-state index in [-0.39, 0.29) is 12.9 Å². The average Bonchev–Trinajstić information content (AvgIpc) is 2.42. The smallest absolute Gasteiger partial charge is 0.151 e. The predicted molar refractivity (Wildman–Crippen MR) is 64.3 cm³/mol. The molecule has 0 aromatic heterocycles. The van der Waals surface area contributed by atoms with Crippen molar-refractivity contribution in [2.24, 2.45) is 0 Å². The second-order valence-electron chi connectivity index (χ2n) is 4.22. The Morgan fingerprint density at radius 1 is 1.26 bits per heavy atom. The second kappa shape index (κ2) is 7.50. The second-order valence-corrected chi connectivity index (χ2v) is 5.57. The SMILES string of the molecule is O=C[C@H](O)[C@@H](O)[C@@H](CO)S[C@@H]1OC[C@@H](O)[C@H](O)[C@H]1O. The maximum atomic E-state index is 10.4. The number of carbonyl (C=O) groups excluding carboxylic acids is 1. The number of rotatable bonds is 6. The lowest BCUT2D eigenvalue weighted by atomic mass is 10.1. The van der Waals surface area contributed by atoms with E-state index in [9.17, 15) is 30.3 Å². The molecule has 1 aliphatic heterocycles. The molecular weight excluding hydrogens is 280 g/mol.